The molecule has 0 aromatic heterocycles. The molecular weight excluding hydrogens is 584 g/mol. The minimum absolute atomic E-state index is 0.111. The molecule has 2 unspecified atom stereocenters. The Kier molecular flexibility index (Phi) is 15.6. The molecule has 0 amide bonds. The van der Waals surface area contributed by atoms with Gasteiger partial charge in [-0.3, -0.25) is 0 Å². The van der Waals surface area contributed by atoms with Gasteiger partial charge in [-0.1, -0.05) is 68.4 Å². The normalized spacial score (nSPS) is 14.6. The molecule has 0 saturated carbocycles. The number of hydrogen-bond donors (Lipinski definition) is 8. The first kappa shape index (κ1) is 39.3. The van der Waals surface area contributed by atoms with E-state index in [1.165, 1.54) is 30.3 Å². The molecule has 4 aromatic rings. The Labute approximate surface area is 273 Å². The van der Waals surface area contributed by atoms with Gasteiger partial charge in [-0.15, -0.1) is 0 Å². The Bertz CT molecular complexity index is 1560. The molecule has 0 spiro atoms. The Morgan fingerprint density at radius 1 is 0.435 bits per heavy atom. The highest BCUT2D eigenvalue weighted by Crippen LogP contribution is 2.46. The topological polar surface area (TPSA) is 162 Å². The zero-order valence-corrected chi connectivity index (χ0v) is 28.5. The number of rotatable bonds is 1. The molecule has 0 saturated heterocycles. The lowest BCUT2D eigenvalue weighted by Crippen LogP contribution is -2.08. The van der Waals surface area contributed by atoms with Crippen molar-refractivity contribution in [3.63, 3.8) is 0 Å². The lowest BCUT2D eigenvalue weighted by atomic mass is 9.81. The average molecular weight is 637 g/mol. The van der Waals surface area contributed by atoms with Crippen LogP contribution in [0.3, 0.4) is 0 Å². The zero-order valence-electron chi connectivity index (χ0n) is 28.5. The molecule has 5 rings (SSSR count). The SMILES string of the molecule is CC.CC.CC.CC.CC1c2cc(c(O)cc2O)Cc2cc(c(O)cc2O)CCC(c2ccc(O)cc2O)c2cc1c(O)cc2O. The summed E-state index contributed by atoms with van der Waals surface area (Å²) in [6.07, 6.45) is 0.687. The van der Waals surface area contributed by atoms with Crippen molar-refractivity contribution in [3.05, 3.63) is 93.5 Å². The molecular formula is C38H52O8. The van der Waals surface area contributed by atoms with Crippen molar-refractivity contribution < 1.29 is 40.9 Å². The van der Waals surface area contributed by atoms with Crippen LogP contribution < -0.4 is 0 Å². The molecule has 8 N–H and O–H groups in total. The summed E-state index contributed by atoms with van der Waals surface area (Å²) >= 11 is 0. The predicted molar refractivity (Wildman–Crippen MR) is 185 cm³/mol. The highest BCUT2D eigenvalue weighted by molar-refractivity contribution is 5.58. The smallest absolute Gasteiger partial charge is 0.123 e. The van der Waals surface area contributed by atoms with Crippen molar-refractivity contribution in [2.45, 2.75) is 93.4 Å². The second-order valence-electron chi connectivity index (χ2n) is 9.85. The first-order valence-electron chi connectivity index (χ1n) is 16.2. The average Bonchev–Trinajstić information content (AvgIpc) is 3.05. The van der Waals surface area contributed by atoms with E-state index < -0.39 is 11.8 Å². The van der Waals surface area contributed by atoms with Crippen molar-refractivity contribution >= 4 is 0 Å². The van der Waals surface area contributed by atoms with E-state index in [1.54, 1.807) is 31.2 Å². The predicted octanol–water partition coefficient (Wildman–Crippen LogP) is 9.26. The molecule has 252 valence electrons. The second kappa shape index (κ2) is 18.3. The number of aryl methyl sites for hydroxylation is 1. The Balaban J connectivity index is 0.00000123. The van der Waals surface area contributed by atoms with Crippen LogP contribution >= 0.6 is 0 Å². The largest absolute Gasteiger partial charge is 0.508 e. The molecule has 0 heterocycles. The van der Waals surface area contributed by atoms with Gasteiger partial charge < -0.3 is 40.9 Å². The lowest BCUT2D eigenvalue weighted by Gasteiger charge is -2.24. The summed E-state index contributed by atoms with van der Waals surface area (Å²) < 4.78 is 0. The van der Waals surface area contributed by atoms with Gasteiger partial charge in [0.25, 0.3) is 0 Å². The summed E-state index contributed by atoms with van der Waals surface area (Å²) in [7, 11) is 0. The van der Waals surface area contributed by atoms with Gasteiger partial charge in [0.05, 0.1) is 0 Å². The van der Waals surface area contributed by atoms with Crippen molar-refractivity contribution in [2.75, 3.05) is 0 Å². The fourth-order valence-electron chi connectivity index (χ4n) is 5.36. The number of phenols is 8. The van der Waals surface area contributed by atoms with Crippen LogP contribution in [-0.2, 0) is 12.8 Å². The van der Waals surface area contributed by atoms with Crippen LogP contribution in [0.2, 0.25) is 0 Å². The summed E-state index contributed by atoms with van der Waals surface area (Å²) in [6, 6.07) is 12.7. The van der Waals surface area contributed by atoms with Gasteiger partial charge in [-0.2, -0.15) is 0 Å². The number of fused-ring (bicyclic) bond motifs is 6. The van der Waals surface area contributed by atoms with Crippen LogP contribution in [0.25, 0.3) is 0 Å². The molecule has 0 radical (unpaired) electrons. The van der Waals surface area contributed by atoms with Crippen LogP contribution in [0.5, 0.6) is 46.0 Å². The van der Waals surface area contributed by atoms with Crippen LogP contribution in [-0.4, -0.2) is 40.9 Å². The lowest BCUT2D eigenvalue weighted by molar-refractivity contribution is 0.428. The Morgan fingerprint density at radius 2 is 0.870 bits per heavy atom. The summed E-state index contributed by atoms with van der Waals surface area (Å²) in [4.78, 5) is 0. The van der Waals surface area contributed by atoms with Crippen molar-refractivity contribution in [3.8, 4) is 46.0 Å². The summed E-state index contributed by atoms with van der Waals surface area (Å²) in [5.74, 6) is -2.57. The van der Waals surface area contributed by atoms with Gasteiger partial charge in [0.1, 0.15) is 46.0 Å². The standard InChI is InChI=1S/C30H28O8.4C2H6/c1-14-21-8-17(26(34)12-28(21)36)7-16-6-15(24(32)11-25(16)33)2-4-19(20-5-3-18(31)9-27(20)35)23-10-22(14)29(37)13-30(23)38;4*1-2/h3,5-6,8-14,19,31-38H,2,4,7H2,1H3;4*1-2H3. The van der Waals surface area contributed by atoms with Crippen LogP contribution in [0.4, 0.5) is 0 Å². The number of hydrogen-bond acceptors (Lipinski definition) is 8. The molecule has 8 nitrogen and oxygen atoms in total. The van der Waals surface area contributed by atoms with Gasteiger partial charge in [-0.05, 0) is 53.8 Å². The third kappa shape index (κ3) is 8.71. The Morgan fingerprint density at radius 3 is 1.43 bits per heavy atom. The molecule has 0 aliphatic heterocycles. The first-order valence-corrected chi connectivity index (χ1v) is 16.2. The number of phenolic OH excluding ortho intramolecular Hbond substituents is 8. The zero-order chi connectivity index (χ0) is 35.3. The van der Waals surface area contributed by atoms with E-state index in [9.17, 15) is 40.9 Å². The molecule has 8 heteroatoms. The van der Waals surface area contributed by atoms with Crippen LogP contribution in [0, 0.1) is 0 Å². The van der Waals surface area contributed by atoms with Gasteiger partial charge in [-0.25, -0.2) is 0 Å². The van der Waals surface area contributed by atoms with Crippen molar-refractivity contribution in [1.82, 2.24) is 0 Å². The van der Waals surface area contributed by atoms with Gasteiger partial charge in [0.15, 0.2) is 0 Å². The van der Waals surface area contributed by atoms with E-state index in [0.717, 1.165) is 0 Å². The van der Waals surface area contributed by atoms with E-state index in [4.69, 9.17) is 0 Å². The van der Waals surface area contributed by atoms with Gasteiger partial charge in [0, 0.05) is 64.8 Å². The maximum atomic E-state index is 10.9. The monoisotopic (exact) mass is 636 g/mol. The quantitative estimate of drug-likeness (QED) is 0.103. The third-order valence-corrected chi connectivity index (χ3v) is 7.46. The maximum absolute atomic E-state index is 10.9. The minimum Gasteiger partial charge on any atom is -0.508 e. The highest BCUT2D eigenvalue weighted by atomic mass is 16.3. The van der Waals surface area contributed by atoms with E-state index in [2.05, 4.69) is 0 Å². The molecule has 2 atom stereocenters. The molecule has 46 heavy (non-hydrogen) atoms. The van der Waals surface area contributed by atoms with Crippen molar-refractivity contribution in [2.24, 2.45) is 0 Å². The number of benzene rings is 4. The molecule has 0 fully saturated rings. The summed E-state index contributed by atoms with van der Waals surface area (Å²) in [6.45, 7) is 17.8. The summed E-state index contributed by atoms with van der Waals surface area (Å²) in [5.41, 5.74) is 2.99. The van der Waals surface area contributed by atoms with Crippen molar-refractivity contribution in [1.29, 1.82) is 0 Å². The second-order valence-corrected chi connectivity index (χ2v) is 9.85. The Hall–Kier alpha value is -4.72. The third-order valence-electron chi connectivity index (χ3n) is 7.46. The fraction of sp³-hybridized carbons (Fsp3) is 0.368. The van der Waals surface area contributed by atoms with Gasteiger partial charge in [0.2, 0.25) is 0 Å². The van der Waals surface area contributed by atoms with Gasteiger partial charge >= 0.3 is 0 Å². The van der Waals surface area contributed by atoms with Crippen LogP contribution in [0.15, 0.2) is 54.6 Å². The van der Waals surface area contributed by atoms with E-state index >= 15 is 0 Å². The molecule has 1 aliphatic rings. The summed E-state index contributed by atoms with van der Waals surface area (Å²) in [5, 5.41) is 84.6. The maximum Gasteiger partial charge on any atom is 0.123 e. The molecule has 6 bridgehead atoms. The molecule has 1 aliphatic carbocycles. The van der Waals surface area contributed by atoms with E-state index in [-0.39, 0.29) is 58.8 Å². The molecule has 4 aromatic carbocycles. The van der Waals surface area contributed by atoms with Crippen LogP contribution in [0.1, 0.15) is 120 Å². The van der Waals surface area contributed by atoms with E-state index in [0.29, 0.717) is 45.4 Å². The number of aromatic hydroxyl groups is 8. The highest BCUT2D eigenvalue weighted by Gasteiger charge is 2.27. The minimum atomic E-state index is -0.620. The first-order chi connectivity index (χ1) is 22.0. The fourth-order valence-corrected chi connectivity index (χ4v) is 5.36. The van der Waals surface area contributed by atoms with E-state index in [1.807, 2.05) is 55.4 Å².